The van der Waals surface area contributed by atoms with Gasteiger partial charge in [0.1, 0.15) is 12.1 Å². The third-order valence-electron chi connectivity index (χ3n) is 5.29. The van der Waals surface area contributed by atoms with Gasteiger partial charge in [0.25, 0.3) is 5.91 Å². The number of nitrogens with one attached hydrogen (secondary N) is 2. The van der Waals surface area contributed by atoms with Crippen molar-refractivity contribution in [1.29, 1.82) is 0 Å². The molecule has 0 atom stereocenters. The molecule has 0 aliphatic rings. The molecular formula is C31H37N5O2. The number of aromatic nitrogens is 2. The molecule has 2 heterocycles. The maximum absolute atomic E-state index is 12.8. The van der Waals surface area contributed by atoms with Crippen LogP contribution >= 0.6 is 0 Å². The summed E-state index contributed by atoms with van der Waals surface area (Å²) in [6.45, 7) is 14.3. The highest BCUT2D eigenvalue weighted by Gasteiger charge is 2.11. The minimum atomic E-state index is -0.233. The Hall–Kier alpha value is -4.39. The number of aryl methyl sites for hydroxylation is 1. The molecule has 2 N–H and O–H groups in total. The van der Waals surface area contributed by atoms with Crippen molar-refractivity contribution in [2.75, 3.05) is 24.2 Å². The summed E-state index contributed by atoms with van der Waals surface area (Å²) in [5, 5.41) is 6.03. The first kappa shape index (κ1) is 29.8. The molecule has 0 spiro atoms. The Balaban J connectivity index is 0.00000161. The fraction of sp³-hybridized carbons (Fsp3) is 0.258. The van der Waals surface area contributed by atoms with Crippen molar-refractivity contribution in [3.8, 4) is 22.4 Å². The van der Waals surface area contributed by atoms with E-state index in [1.807, 2.05) is 56.4 Å². The predicted molar refractivity (Wildman–Crippen MR) is 159 cm³/mol. The Labute approximate surface area is 225 Å². The number of nitrogens with zero attached hydrogens (tertiary/aromatic N) is 3. The lowest BCUT2D eigenvalue weighted by molar-refractivity contribution is -0.112. The molecule has 3 aromatic rings. The van der Waals surface area contributed by atoms with E-state index in [-0.39, 0.29) is 11.3 Å². The molecule has 38 heavy (non-hydrogen) atoms. The number of aliphatic imine (C=N–C) groups is 1. The van der Waals surface area contributed by atoms with E-state index >= 15 is 0 Å². The van der Waals surface area contributed by atoms with Crippen molar-refractivity contribution in [2.45, 2.75) is 34.6 Å². The van der Waals surface area contributed by atoms with Crippen molar-refractivity contribution < 1.29 is 9.59 Å². The summed E-state index contributed by atoms with van der Waals surface area (Å²) in [5.74, 6) is 0.550. The number of benzene rings is 1. The van der Waals surface area contributed by atoms with E-state index in [4.69, 9.17) is 4.79 Å². The van der Waals surface area contributed by atoms with E-state index in [0.717, 1.165) is 40.1 Å². The number of hydrogen-bond acceptors (Lipinski definition) is 6. The van der Waals surface area contributed by atoms with E-state index in [1.54, 1.807) is 24.7 Å². The molecule has 0 unspecified atom stereocenters. The van der Waals surface area contributed by atoms with Crippen LogP contribution in [0.15, 0.2) is 84.2 Å². The molecule has 0 radical (unpaired) electrons. The second kappa shape index (κ2) is 14.4. The van der Waals surface area contributed by atoms with E-state index in [0.29, 0.717) is 17.8 Å². The Kier molecular flexibility index (Phi) is 11.3. The number of aldehydes is 1. The zero-order valence-corrected chi connectivity index (χ0v) is 23.1. The van der Waals surface area contributed by atoms with Gasteiger partial charge in [0.2, 0.25) is 0 Å². The molecule has 0 aliphatic carbocycles. The van der Waals surface area contributed by atoms with Gasteiger partial charge >= 0.3 is 0 Å². The van der Waals surface area contributed by atoms with Gasteiger partial charge in [-0.2, -0.15) is 0 Å². The van der Waals surface area contributed by atoms with Crippen LogP contribution in [0.2, 0.25) is 0 Å². The molecule has 7 heteroatoms. The monoisotopic (exact) mass is 511 g/mol. The molecule has 0 saturated carbocycles. The first-order valence-corrected chi connectivity index (χ1v) is 12.4. The Morgan fingerprint density at radius 1 is 1.05 bits per heavy atom. The maximum Gasteiger partial charge on any atom is 0.255 e. The maximum atomic E-state index is 12.8. The Morgan fingerprint density at radius 3 is 2.39 bits per heavy atom. The van der Waals surface area contributed by atoms with Gasteiger partial charge in [-0.25, -0.2) is 4.98 Å². The molecular weight excluding hydrogens is 474 g/mol. The van der Waals surface area contributed by atoms with Gasteiger partial charge in [-0.15, -0.1) is 0 Å². The molecule has 7 nitrogen and oxygen atoms in total. The average molecular weight is 512 g/mol. The van der Waals surface area contributed by atoms with Crippen LogP contribution in [0.4, 0.5) is 11.5 Å². The Morgan fingerprint density at radius 2 is 1.74 bits per heavy atom. The number of carbonyl (C=O) groups excluding carboxylic acids is 2. The van der Waals surface area contributed by atoms with Gasteiger partial charge in [-0.3, -0.25) is 14.8 Å². The second-order valence-electron chi connectivity index (χ2n) is 9.71. The Bertz CT molecular complexity index is 1320. The van der Waals surface area contributed by atoms with E-state index < -0.39 is 0 Å². The van der Waals surface area contributed by atoms with Crippen molar-refractivity contribution in [3.05, 3.63) is 84.7 Å². The van der Waals surface area contributed by atoms with E-state index in [9.17, 15) is 4.79 Å². The molecule has 1 aromatic carbocycles. The largest absolute Gasteiger partial charge is 0.373 e. The third kappa shape index (κ3) is 9.24. The SMILES string of the molecule is C=C/C(=C\C=NCC(C)(C)C)C(=O)Nc1ccc(C)c(-c2ccnc(-c3ccnc(NC)c3)c2)c1.CC=O. The summed E-state index contributed by atoms with van der Waals surface area (Å²) < 4.78 is 0. The molecule has 0 saturated heterocycles. The average Bonchev–Trinajstić information content (AvgIpc) is 2.89. The number of pyridine rings is 2. The third-order valence-corrected chi connectivity index (χ3v) is 5.29. The lowest BCUT2D eigenvalue weighted by Gasteiger charge is -2.13. The second-order valence-corrected chi connectivity index (χ2v) is 9.71. The van der Waals surface area contributed by atoms with E-state index in [2.05, 4.69) is 52.9 Å². The first-order chi connectivity index (χ1) is 18.1. The number of rotatable bonds is 8. The molecule has 0 bridgehead atoms. The normalized spacial score (nSPS) is 11.4. The summed E-state index contributed by atoms with van der Waals surface area (Å²) in [6, 6.07) is 13.8. The molecule has 198 valence electrons. The zero-order chi connectivity index (χ0) is 28.1. The van der Waals surface area contributed by atoms with Gasteiger partial charge < -0.3 is 15.4 Å². The lowest BCUT2D eigenvalue weighted by Crippen LogP contribution is -2.13. The van der Waals surface area contributed by atoms with Crippen molar-refractivity contribution >= 4 is 29.9 Å². The number of allylic oxidation sites excluding steroid dienone is 1. The van der Waals surface area contributed by atoms with Crippen LogP contribution in [-0.4, -0.2) is 42.0 Å². The van der Waals surface area contributed by atoms with Gasteiger partial charge in [0, 0.05) is 49.0 Å². The minimum absolute atomic E-state index is 0.0959. The number of anilines is 2. The van der Waals surface area contributed by atoms with Crippen LogP contribution in [0, 0.1) is 12.3 Å². The standard InChI is InChI=1S/C29H33N5O.C2H4O/c1-7-21(10-13-31-19-29(3,4)5)28(35)34-24-9-8-20(2)25(18-24)22-11-14-32-26(16-22)23-12-15-33-27(17-23)30-6;1-2-3/h7-18H,1,19H2,2-6H3,(H,30,33)(H,34,35);2H,1H3/b21-10+,31-13?;. The topological polar surface area (TPSA) is 96.3 Å². The van der Waals surface area contributed by atoms with E-state index in [1.165, 1.54) is 13.0 Å². The zero-order valence-electron chi connectivity index (χ0n) is 23.1. The quantitative estimate of drug-likeness (QED) is 0.155. The molecule has 0 fully saturated rings. The lowest BCUT2D eigenvalue weighted by atomic mass is 9.97. The molecule has 3 rings (SSSR count). The van der Waals surface area contributed by atoms with Crippen LogP contribution in [0.3, 0.4) is 0 Å². The summed E-state index contributed by atoms with van der Waals surface area (Å²) >= 11 is 0. The smallest absolute Gasteiger partial charge is 0.255 e. The predicted octanol–water partition coefficient (Wildman–Crippen LogP) is 6.53. The first-order valence-electron chi connectivity index (χ1n) is 12.4. The van der Waals surface area contributed by atoms with Gasteiger partial charge in [0.15, 0.2) is 0 Å². The van der Waals surface area contributed by atoms with Crippen LogP contribution in [0.1, 0.15) is 33.3 Å². The van der Waals surface area contributed by atoms with Crippen LogP contribution in [-0.2, 0) is 9.59 Å². The summed E-state index contributed by atoms with van der Waals surface area (Å²) in [5.41, 5.74) is 6.20. The fourth-order valence-corrected chi connectivity index (χ4v) is 3.39. The number of hydrogen-bond donors (Lipinski definition) is 2. The van der Waals surface area contributed by atoms with Crippen LogP contribution < -0.4 is 10.6 Å². The van der Waals surface area contributed by atoms with Gasteiger partial charge in [0.05, 0.1) is 5.69 Å². The molecule has 2 aromatic heterocycles. The van der Waals surface area contributed by atoms with Crippen molar-refractivity contribution in [2.24, 2.45) is 10.4 Å². The minimum Gasteiger partial charge on any atom is -0.373 e. The van der Waals surface area contributed by atoms with Crippen LogP contribution in [0.25, 0.3) is 22.4 Å². The van der Waals surface area contributed by atoms with Gasteiger partial charge in [-0.1, -0.05) is 39.5 Å². The number of amides is 1. The summed E-state index contributed by atoms with van der Waals surface area (Å²) in [4.78, 5) is 34.8. The van der Waals surface area contributed by atoms with Crippen molar-refractivity contribution in [1.82, 2.24) is 9.97 Å². The summed E-state index contributed by atoms with van der Waals surface area (Å²) in [6.07, 6.45) is 9.20. The number of carbonyl (C=O) groups is 2. The van der Waals surface area contributed by atoms with Crippen LogP contribution in [0.5, 0.6) is 0 Å². The molecule has 0 aliphatic heterocycles. The van der Waals surface area contributed by atoms with Crippen molar-refractivity contribution in [3.63, 3.8) is 0 Å². The fourth-order valence-electron chi connectivity index (χ4n) is 3.39. The molecule has 1 amide bonds. The van der Waals surface area contributed by atoms with Gasteiger partial charge in [-0.05, 0) is 78.4 Å². The highest BCUT2D eigenvalue weighted by atomic mass is 16.1. The highest BCUT2D eigenvalue weighted by Crippen LogP contribution is 2.30. The summed E-state index contributed by atoms with van der Waals surface area (Å²) in [7, 11) is 1.84. The highest BCUT2D eigenvalue weighted by molar-refractivity contribution is 6.08.